The standard InChI is InChI=1S/C27H33N5O3/c1-18(19-6-4-3-5-7-19)31-27-22-14-25(24(34-2)15-23(22)29-17-30-27)35-21-10-8-20(9-11-21)32-13-12-28-26(33)16-32/h3-7,14-15,17-18,20-21H,8-13,16H2,1-2H3,(H,28,33)(H,29,30,31)/t18-,20?,21?/m1/s1. The molecule has 5 rings (SSSR count). The van der Waals surface area contributed by atoms with Crippen LogP contribution in [0, 0.1) is 0 Å². The molecule has 1 aliphatic carbocycles. The molecule has 3 aromatic rings. The van der Waals surface area contributed by atoms with Gasteiger partial charge in [-0.25, -0.2) is 9.97 Å². The number of carbonyl (C=O) groups is 1. The third kappa shape index (κ3) is 5.32. The van der Waals surface area contributed by atoms with E-state index in [1.165, 1.54) is 5.56 Å². The Morgan fingerprint density at radius 1 is 1.09 bits per heavy atom. The molecule has 0 radical (unpaired) electrons. The summed E-state index contributed by atoms with van der Waals surface area (Å²) in [5.41, 5.74) is 1.99. The van der Waals surface area contributed by atoms with E-state index in [-0.39, 0.29) is 18.1 Å². The lowest BCUT2D eigenvalue weighted by atomic mass is 9.91. The van der Waals surface area contributed by atoms with Crippen LogP contribution in [0.2, 0.25) is 0 Å². The highest BCUT2D eigenvalue weighted by Gasteiger charge is 2.30. The summed E-state index contributed by atoms with van der Waals surface area (Å²) in [5.74, 6) is 2.29. The van der Waals surface area contributed by atoms with E-state index in [1.807, 2.05) is 30.3 Å². The Kier molecular flexibility index (Phi) is 6.99. The fraction of sp³-hybridized carbons (Fsp3) is 0.444. The molecule has 2 N–H and O–H groups in total. The summed E-state index contributed by atoms with van der Waals surface area (Å²) >= 11 is 0. The first-order chi connectivity index (χ1) is 17.1. The first-order valence-corrected chi connectivity index (χ1v) is 12.4. The van der Waals surface area contributed by atoms with Crippen molar-refractivity contribution in [1.29, 1.82) is 0 Å². The molecule has 2 heterocycles. The van der Waals surface area contributed by atoms with E-state index in [4.69, 9.17) is 9.47 Å². The van der Waals surface area contributed by atoms with Crippen LogP contribution in [0.1, 0.15) is 44.2 Å². The van der Waals surface area contributed by atoms with Gasteiger partial charge in [-0.1, -0.05) is 30.3 Å². The molecule has 0 bridgehead atoms. The number of hydrogen-bond donors (Lipinski definition) is 2. The van der Waals surface area contributed by atoms with Crippen molar-refractivity contribution in [2.24, 2.45) is 0 Å². The number of nitrogens with zero attached hydrogens (tertiary/aromatic N) is 3. The van der Waals surface area contributed by atoms with Crippen molar-refractivity contribution in [3.63, 3.8) is 0 Å². The van der Waals surface area contributed by atoms with E-state index in [0.29, 0.717) is 24.1 Å². The number of aromatic nitrogens is 2. The van der Waals surface area contributed by atoms with Crippen molar-refractivity contribution in [3.8, 4) is 11.5 Å². The number of methoxy groups -OCH3 is 1. The third-order valence-electron chi connectivity index (χ3n) is 7.10. The molecule has 0 unspecified atom stereocenters. The maximum atomic E-state index is 11.8. The van der Waals surface area contributed by atoms with E-state index in [1.54, 1.807) is 13.4 Å². The highest BCUT2D eigenvalue weighted by Crippen LogP contribution is 2.37. The molecule has 1 aromatic heterocycles. The lowest BCUT2D eigenvalue weighted by Crippen LogP contribution is -2.52. The molecule has 1 aliphatic heterocycles. The Hall–Kier alpha value is -3.39. The van der Waals surface area contributed by atoms with E-state index >= 15 is 0 Å². The number of fused-ring (bicyclic) bond motifs is 1. The summed E-state index contributed by atoms with van der Waals surface area (Å²) in [7, 11) is 1.66. The molecule has 1 saturated carbocycles. The van der Waals surface area contributed by atoms with Gasteiger partial charge in [0.15, 0.2) is 11.5 Å². The van der Waals surface area contributed by atoms with E-state index in [2.05, 4.69) is 44.6 Å². The van der Waals surface area contributed by atoms with Crippen LogP contribution in [0.4, 0.5) is 5.82 Å². The molecule has 1 atom stereocenters. The van der Waals surface area contributed by atoms with E-state index in [0.717, 1.165) is 55.5 Å². The Morgan fingerprint density at radius 3 is 2.63 bits per heavy atom. The average Bonchev–Trinajstić information content (AvgIpc) is 2.89. The maximum absolute atomic E-state index is 11.8. The second kappa shape index (κ2) is 10.5. The maximum Gasteiger partial charge on any atom is 0.234 e. The van der Waals surface area contributed by atoms with Gasteiger partial charge in [-0.2, -0.15) is 0 Å². The van der Waals surface area contributed by atoms with Crippen LogP contribution in [0.3, 0.4) is 0 Å². The molecule has 184 valence electrons. The van der Waals surface area contributed by atoms with Crippen LogP contribution in [0.5, 0.6) is 11.5 Å². The average molecular weight is 476 g/mol. The topological polar surface area (TPSA) is 88.6 Å². The predicted molar refractivity (Wildman–Crippen MR) is 136 cm³/mol. The van der Waals surface area contributed by atoms with Gasteiger partial charge in [0.25, 0.3) is 0 Å². The number of rotatable bonds is 7. The van der Waals surface area contributed by atoms with Gasteiger partial charge in [-0.3, -0.25) is 9.69 Å². The Labute approximate surface area is 206 Å². The van der Waals surface area contributed by atoms with Gasteiger partial charge in [-0.05, 0) is 44.2 Å². The van der Waals surface area contributed by atoms with Crippen LogP contribution >= 0.6 is 0 Å². The summed E-state index contributed by atoms with van der Waals surface area (Å²) in [5, 5.41) is 7.34. The van der Waals surface area contributed by atoms with Crippen molar-refractivity contribution in [2.45, 2.75) is 50.8 Å². The molecule has 8 nitrogen and oxygen atoms in total. The number of benzene rings is 2. The van der Waals surface area contributed by atoms with Crippen molar-refractivity contribution in [1.82, 2.24) is 20.2 Å². The minimum Gasteiger partial charge on any atom is -0.493 e. The quantitative estimate of drug-likeness (QED) is 0.535. The smallest absolute Gasteiger partial charge is 0.234 e. The third-order valence-corrected chi connectivity index (χ3v) is 7.10. The Balaban J connectivity index is 1.31. The summed E-state index contributed by atoms with van der Waals surface area (Å²) in [6.45, 7) is 4.29. The number of ether oxygens (including phenoxy) is 2. The van der Waals surface area contributed by atoms with Gasteiger partial charge in [-0.15, -0.1) is 0 Å². The van der Waals surface area contributed by atoms with Crippen molar-refractivity contribution in [3.05, 3.63) is 54.4 Å². The van der Waals surface area contributed by atoms with Crippen molar-refractivity contribution in [2.75, 3.05) is 32.1 Å². The molecular weight excluding hydrogens is 442 g/mol. The van der Waals surface area contributed by atoms with Gasteiger partial charge >= 0.3 is 0 Å². The summed E-state index contributed by atoms with van der Waals surface area (Å²) in [4.78, 5) is 23.1. The highest BCUT2D eigenvalue weighted by atomic mass is 16.5. The van der Waals surface area contributed by atoms with Crippen molar-refractivity contribution < 1.29 is 14.3 Å². The molecule has 1 amide bonds. The molecule has 35 heavy (non-hydrogen) atoms. The predicted octanol–water partition coefficient (Wildman–Crippen LogP) is 3.93. The van der Waals surface area contributed by atoms with E-state index in [9.17, 15) is 4.79 Å². The zero-order valence-electron chi connectivity index (χ0n) is 20.4. The summed E-state index contributed by atoms with van der Waals surface area (Å²) in [6, 6.07) is 14.8. The molecule has 2 aromatic carbocycles. The van der Waals surface area contributed by atoms with Gasteiger partial charge in [0.2, 0.25) is 5.91 Å². The van der Waals surface area contributed by atoms with Gasteiger partial charge in [0.1, 0.15) is 12.1 Å². The SMILES string of the molecule is COc1cc2ncnc(N[C@H](C)c3ccccc3)c2cc1OC1CCC(N2CCNC(=O)C2)CC1. The minimum atomic E-state index is 0.0907. The van der Waals surface area contributed by atoms with Crippen LogP contribution in [0.15, 0.2) is 48.8 Å². The minimum absolute atomic E-state index is 0.0907. The lowest BCUT2D eigenvalue weighted by Gasteiger charge is -2.38. The lowest BCUT2D eigenvalue weighted by molar-refractivity contribution is -0.125. The normalized spacial score (nSPS) is 21.8. The number of hydrogen-bond acceptors (Lipinski definition) is 7. The first-order valence-electron chi connectivity index (χ1n) is 12.4. The first kappa shape index (κ1) is 23.4. The Bertz CT molecular complexity index is 1160. The number of amides is 1. The fourth-order valence-electron chi connectivity index (χ4n) is 5.14. The second-order valence-electron chi connectivity index (χ2n) is 9.39. The van der Waals surface area contributed by atoms with Crippen LogP contribution in [-0.4, -0.2) is 59.7 Å². The van der Waals surface area contributed by atoms with Crippen LogP contribution < -0.4 is 20.1 Å². The number of piperazine rings is 1. The zero-order valence-corrected chi connectivity index (χ0v) is 20.4. The molecule has 8 heteroatoms. The van der Waals surface area contributed by atoms with Crippen LogP contribution in [0.25, 0.3) is 10.9 Å². The molecule has 2 fully saturated rings. The largest absolute Gasteiger partial charge is 0.493 e. The molecule has 1 saturated heterocycles. The zero-order chi connectivity index (χ0) is 24.2. The fourth-order valence-corrected chi connectivity index (χ4v) is 5.14. The number of anilines is 1. The monoisotopic (exact) mass is 475 g/mol. The van der Waals surface area contributed by atoms with Gasteiger partial charge in [0, 0.05) is 36.6 Å². The number of carbonyl (C=O) groups excluding carboxylic acids is 1. The summed E-state index contributed by atoms with van der Waals surface area (Å²) < 4.78 is 12.1. The Morgan fingerprint density at radius 2 is 1.89 bits per heavy atom. The van der Waals surface area contributed by atoms with Crippen molar-refractivity contribution >= 4 is 22.6 Å². The van der Waals surface area contributed by atoms with E-state index < -0.39 is 0 Å². The highest BCUT2D eigenvalue weighted by molar-refractivity contribution is 5.91. The molecule has 0 spiro atoms. The van der Waals surface area contributed by atoms with Gasteiger partial charge < -0.3 is 20.1 Å². The van der Waals surface area contributed by atoms with Gasteiger partial charge in [0.05, 0.1) is 25.3 Å². The number of nitrogens with one attached hydrogen (secondary N) is 2. The molecular formula is C27H33N5O3. The molecule has 2 aliphatic rings. The van der Waals surface area contributed by atoms with Crippen LogP contribution in [-0.2, 0) is 4.79 Å². The summed E-state index contributed by atoms with van der Waals surface area (Å²) in [6.07, 6.45) is 5.64. The second-order valence-corrected chi connectivity index (χ2v) is 9.39.